The molecule has 0 bridgehead atoms. The average molecular weight is 293 g/mol. The van der Waals surface area contributed by atoms with E-state index in [1.54, 1.807) is 0 Å². The summed E-state index contributed by atoms with van der Waals surface area (Å²) in [7, 11) is 0. The molecule has 110 valence electrons. The van der Waals surface area contributed by atoms with E-state index in [9.17, 15) is 18.9 Å². The Morgan fingerprint density at radius 2 is 2.10 bits per heavy atom. The number of aromatic nitrogens is 1. The molecule has 7 heteroatoms. The molecule has 0 amide bonds. The van der Waals surface area contributed by atoms with Gasteiger partial charge in [-0.2, -0.15) is 0 Å². The Morgan fingerprint density at radius 1 is 1.33 bits per heavy atom. The average Bonchev–Trinajstić information content (AvgIpc) is 2.47. The summed E-state index contributed by atoms with van der Waals surface area (Å²) >= 11 is 0. The van der Waals surface area contributed by atoms with Crippen LogP contribution in [0.4, 0.5) is 20.2 Å². The van der Waals surface area contributed by atoms with Crippen LogP contribution >= 0.6 is 0 Å². The number of nitro groups is 1. The fourth-order valence-corrected chi connectivity index (χ4v) is 1.90. The zero-order valence-corrected chi connectivity index (χ0v) is 11.2. The van der Waals surface area contributed by atoms with Crippen molar-refractivity contribution in [1.29, 1.82) is 0 Å². The van der Waals surface area contributed by atoms with Crippen molar-refractivity contribution in [2.75, 3.05) is 5.32 Å². The molecular weight excluding hydrogens is 280 g/mol. The Labute approximate surface area is 119 Å². The lowest BCUT2D eigenvalue weighted by atomic mass is 10.1. The van der Waals surface area contributed by atoms with Crippen LogP contribution in [-0.2, 0) is 0 Å². The monoisotopic (exact) mass is 293 g/mol. The first-order chi connectivity index (χ1) is 10.0. The molecule has 1 N–H and O–H groups in total. The van der Waals surface area contributed by atoms with Crippen molar-refractivity contribution in [1.82, 2.24) is 4.98 Å². The van der Waals surface area contributed by atoms with Crippen LogP contribution in [0, 0.1) is 21.7 Å². The van der Waals surface area contributed by atoms with Crippen LogP contribution in [0.15, 0.2) is 36.5 Å². The normalized spacial score (nSPS) is 12.0. The molecule has 1 atom stereocenters. The maximum Gasteiger partial charge on any atom is 0.271 e. The number of non-ortho nitro benzene ring substituents is 1. The first kappa shape index (κ1) is 14.8. The van der Waals surface area contributed by atoms with Crippen LogP contribution in [0.25, 0.3) is 0 Å². The molecule has 1 aromatic heterocycles. The second-order valence-electron chi connectivity index (χ2n) is 4.43. The van der Waals surface area contributed by atoms with Crippen molar-refractivity contribution < 1.29 is 13.7 Å². The van der Waals surface area contributed by atoms with Gasteiger partial charge < -0.3 is 5.32 Å². The lowest BCUT2D eigenvalue weighted by molar-refractivity contribution is -0.384. The minimum atomic E-state index is -0.596. The van der Waals surface area contributed by atoms with Gasteiger partial charge in [-0.05, 0) is 24.6 Å². The molecule has 1 aromatic carbocycles. The summed E-state index contributed by atoms with van der Waals surface area (Å²) in [5.41, 5.74) is 0.341. The number of rotatable bonds is 5. The molecular formula is C14H13F2N3O2. The first-order valence-corrected chi connectivity index (χ1v) is 6.33. The largest absolute Gasteiger partial charge is 0.374 e. The fourth-order valence-electron chi connectivity index (χ4n) is 1.90. The number of nitrogens with zero attached hydrogens (tertiary/aromatic N) is 2. The Bertz CT molecular complexity index is 647. The molecule has 0 aliphatic rings. The second-order valence-corrected chi connectivity index (χ2v) is 4.43. The highest BCUT2D eigenvalue weighted by Gasteiger charge is 2.16. The van der Waals surface area contributed by atoms with E-state index in [2.05, 4.69) is 10.3 Å². The van der Waals surface area contributed by atoms with E-state index in [0.29, 0.717) is 12.1 Å². The number of hydrogen-bond donors (Lipinski definition) is 1. The van der Waals surface area contributed by atoms with Gasteiger partial charge in [-0.1, -0.05) is 6.92 Å². The van der Waals surface area contributed by atoms with Crippen LogP contribution in [-0.4, -0.2) is 9.91 Å². The molecule has 0 spiro atoms. The third-order valence-corrected chi connectivity index (χ3v) is 3.01. The van der Waals surface area contributed by atoms with Gasteiger partial charge in [-0.3, -0.25) is 15.1 Å². The third kappa shape index (κ3) is 3.50. The number of halogens is 2. The Hall–Kier alpha value is -2.57. The highest BCUT2D eigenvalue weighted by atomic mass is 19.1. The highest BCUT2D eigenvalue weighted by Crippen LogP contribution is 2.26. The lowest BCUT2D eigenvalue weighted by Gasteiger charge is -2.18. The Balaban J connectivity index is 2.28. The molecule has 0 saturated carbocycles. The third-order valence-electron chi connectivity index (χ3n) is 3.01. The lowest BCUT2D eigenvalue weighted by Crippen LogP contribution is -2.12. The van der Waals surface area contributed by atoms with E-state index >= 15 is 0 Å². The van der Waals surface area contributed by atoms with E-state index < -0.39 is 16.6 Å². The molecule has 2 rings (SSSR count). The van der Waals surface area contributed by atoms with Gasteiger partial charge in [0.05, 0.1) is 28.5 Å². The molecule has 2 aromatic rings. The number of nitro benzene ring substituents is 1. The predicted octanol–water partition coefficient (Wildman–Crippen LogP) is 3.83. The standard InChI is InChI=1S/C14H13F2N3O2/c1-2-12(13-6-3-9(15)8-17-13)18-14-7-10(19(20)21)4-5-11(14)16/h3-8,12,18H,2H2,1H3. The van der Waals surface area contributed by atoms with Gasteiger partial charge in [0.15, 0.2) is 0 Å². The van der Waals surface area contributed by atoms with E-state index in [1.165, 1.54) is 12.1 Å². The number of anilines is 1. The van der Waals surface area contributed by atoms with E-state index in [4.69, 9.17) is 0 Å². The molecule has 0 radical (unpaired) electrons. The summed E-state index contributed by atoms with van der Waals surface area (Å²) in [6.07, 6.45) is 1.63. The summed E-state index contributed by atoms with van der Waals surface area (Å²) in [6.45, 7) is 1.85. The van der Waals surface area contributed by atoms with Crippen molar-refractivity contribution in [3.05, 3.63) is 64.0 Å². The smallest absolute Gasteiger partial charge is 0.271 e. The summed E-state index contributed by atoms with van der Waals surface area (Å²) in [6, 6.07) is 5.63. The molecule has 0 saturated heterocycles. The van der Waals surface area contributed by atoms with Crippen molar-refractivity contribution in [3.63, 3.8) is 0 Å². The van der Waals surface area contributed by atoms with E-state index in [-0.39, 0.29) is 17.4 Å². The molecule has 1 unspecified atom stereocenters. The summed E-state index contributed by atoms with van der Waals surface area (Å²) in [5, 5.41) is 13.6. The quantitative estimate of drug-likeness (QED) is 0.672. The van der Waals surface area contributed by atoms with Crippen LogP contribution in [0.5, 0.6) is 0 Å². The van der Waals surface area contributed by atoms with Gasteiger partial charge in [0.25, 0.3) is 5.69 Å². The van der Waals surface area contributed by atoms with Gasteiger partial charge in [-0.15, -0.1) is 0 Å². The van der Waals surface area contributed by atoms with E-state index in [0.717, 1.165) is 24.4 Å². The van der Waals surface area contributed by atoms with Crippen molar-refractivity contribution in [2.45, 2.75) is 19.4 Å². The van der Waals surface area contributed by atoms with Crippen molar-refractivity contribution >= 4 is 11.4 Å². The Morgan fingerprint density at radius 3 is 2.67 bits per heavy atom. The van der Waals surface area contributed by atoms with Crippen molar-refractivity contribution in [2.24, 2.45) is 0 Å². The topological polar surface area (TPSA) is 68.1 Å². The second kappa shape index (κ2) is 6.25. The summed E-state index contributed by atoms with van der Waals surface area (Å²) in [4.78, 5) is 14.1. The zero-order valence-electron chi connectivity index (χ0n) is 11.2. The minimum absolute atomic E-state index is 0.0159. The van der Waals surface area contributed by atoms with Crippen LogP contribution in [0.1, 0.15) is 25.1 Å². The molecule has 21 heavy (non-hydrogen) atoms. The predicted molar refractivity (Wildman–Crippen MR) is 73.9 cm³/mol. The van der Waals surface area contributed by atoms with Gasteiger partial charge in [0.2, 0.25) is 0 Å². The number of hydrogen-bond acceptors (Lipinski definition) is 4. The van der Waals surface area contributed by atoms with Gasteiger partial charge >= 0.3 is 0 Å². The molecule has 0 aliphatic heterocycles. The minimum Gasteiger partial charge on any atom is -0.374 e. The first-order valence-electron chi connectivity index (χ1n) is 6.33. The van der Waals surface area contributed by atoms with Gasteiger partial charge in [-0.25, -0.2) is 8.78 Å². The van der Waals surface area contributed by atoms with Gasteiger partial charge in [0.1, 0.15) is 11.6 Å². The molecule has 0 aliphatic carbocycles. The molecule has 1 heterocycles. The number of nitrogens with one attached hydrogen (secondary N) is 1. The zero-order chi connectivity index (χ0) is 15.4. The fraction of sp³-hybridized carbons (Fsp3) is 0.214. The SMILES string of the molecule is CCC(Nc1cc([N+](=O)[O-])ccc1F)c1ccc(F)cn1. The highest BCUT2D eigenvalue weighted by molar-refractivity contribution is 5.53. The molecule has 5 nitrogen and oxygen atoms in total. The van der Waals surface area contributed by atoms with Crippen molar-refractivity contribution in [3.8, 4) is 0 Å². The van der Waals surface area contributed by atoms with E-state index in [1.807, 2.05) is 6.92 Å². The maximum atomic E-state index is 13.7. The summed E-state index contributed by atoms with van der Waals surface area (Å²) < 4.78 is 26.6. The Kier molecular flexibility index (Phi) is 4.42. The maximum absolute atomic E-state index is 13.7. The van der Waals surface area contributed by atoms with Gasteiger partial charge in [0, 0.05) is 12.1 Å². The van der Waals surface area contributed by atoms with Crippen LogP contribution in [0.2, 0.25) is 0 Å². The van der Waals surface area contributed by atoms with Crippen LogP contribution < -0.4 is 5.32 Å². The summed E-state index contributed by atoms with van der Waals surface area (Å²) in [5.74, 6) is -1.06. The molecule has 0 fully saturated rings. The van der Waals surface area contributed by atoms with Crippen LogP contribution in [0.3, 0.4) is 0 Å². The number of pyridine rings is 1. The number of benzene rings is 1.